The molecular weight excluding hydrogens is 238 g/mol. The molecule has 0 spiro atoms. The first-order valence-electron chi connectivity index (χ1n) is 5.41. The fourth-order valence-electron chi connectivity index (χ4n) is 1.49. The zero-order valence-corrected chi connectivity index (χ0v) is 9.73. The molecule has 0 fully saturated rings. The largest absolute Gasteiger partial charge is 0.439 e. The van der Waals surface area contributed by atoms with Crippen LogP contribution >= 0.6 is 0 Å². The van der Waals surface area contributed by atoms with Crippen LogP contribution in [0.4, 0.5) is 8.78 Å². The molecular formula is C13H12F2N2O. The van der Waals surface area contributed by atoms with E-state index < -0.39 is 11.6 Å². The van der Waals surface area contributed by atoms with E-state index in [2.05, 4.69) is 4.98 Å². The fraction of sp³-hybridized carbons (Fsp3) is 0.154. The topological polar surface area (TPSA) is 48.1 Å². The predicted molar refractivity (Wildman–Crippen MR) is 63.3 cm³/mol. The number of rotatable bonds is 3. The van der Waals surface area contributed by atoms with Crippen molar-refractivity contribution in [2.75, 3.05) is 0 Å². The Labute approximate surface area is 103 Å². The lowest BCUT2D eigenvalue weighted by atomic mass is 10.1. The number of nitrogens with zero attached hydrogens (tertiary/aromatic N) is 1. The third kappa shape index (κ3) is 2.62. The van der Waals surface area contributed by atoms with Crippen LogP contribution in [0.5, 0.6) is 11.6 Å². The summed E-state index contributed by atoms with van der Waals surface area (Å²) in [6, 6.07) is 6.54. The van der Waals surface area contributed by atoms with E-state index in [1.165, 1.54) is 6.07 Å². The second-order valence-electron chi connectivity index (χ2n) is 3.86. The number of benzene rings is 1. The summed E-state index contributed by atoms with van der Waals surface area (Å²) in [6.07, 6.45) is 1.54. The Morgan fingerprint density at radius 3 is 2.67 bits per heavy atom. The van der Waals surface area contributed by atoms with Crippen molar-refractivity contribution in [3.8, 4) is 11.6 Å². The number of hydrogen-bond acceptors (Lipinski definition) is 3. The van der Waals surface area contributed by atoms with Crippen molar-refractivity contribution in [2.24, 2.45) is 5.73 Å². The van der Waals surface area contributed by atoms with Gasteiger partial charge in [0.1, 0.15) is 5.75 Å². The van der Waals surface area contributed by atoms with Crippen LogP contribution in [-0.4, -0.2) is 4.98 Å². The van der Waals surface area contributed by atoms with Crippen LogP contribution in [0, 0.1) is 11.6 Å². The molecule has 2 N–H and O–H groups in total. The standard InChI is InChI=1S/C13H12F2N2O/c1-8(16)10-3-2-6-17-13(10)18-9-4-5-11(14)12(15)7-9/h2-8H,16H2,1H3/t8-/m0/s1. The van der Waals surface area contributed by atoms with Crippen LogP contribution in [0.1, 0.15) is 18.5 Å². The van der Waals surface area contributed by atoms with Crippen molar-refractivity contribution >= 4 is 0 Å². The number of ether oxygens (including phenoxy) is 1. The molecule has 0 bridgehead atoms. The number of aromatic nitrogens is 1. The highest BCUT2D eigenvalue weighted by molar-refractivity contribution is 5.34. The first-order chi connectivity index (χ1) is 8.58. The summed E-state index contributed by atoms with van der Waals surface area (Å²) < 4.78 is 31.2. The summed E-state index contributed by atoms with van der Waals surface area (Å²) in [6.45, 7) is 1.79. The van der Waals surface area contributed by atoms with Gasteiger partial charge in [-0.1, -0.05) is 6.07 Å². The minimum Gasteiger partial charge on any atom is -0.439 e. The molecule has 0 saturated heterocycles. The number of nitrogens with two attached hydrogens (primary N) is 1. The average Bonchev–Trinajstić information content (AvgIpc) is 2.34. The van der Waals surface area contributed by atoms with Gasteiger partial charge in [-0.05, 0) is 25.1 Å². The van der Waals surface area contributed by atoms with E-state index >= 15 is 0 Å². The number of hydrogen-bond donors (Lipinski definition) is 1. The minimum absolute atomic E-state index is 0.175. The molecule has 0 amide bonds. The van der Waals surface area contributed by atoms with E-state index in [9.17, 15) is 8.78 Å². The molecule has 94 valence electrons. The summed E-state index contributed by atoms with van der Waals surface area (Å²) in [5, 5.41) is 0. The van der Waals surface area contributed by atoms with Gasteiger partial charge in [0, 0.05) is 23.9 Å². The van der Waals surface area contributed by atoms with Crippen molar-refractivity contribution < 1.29 is 13.5 Å². The summed E-state index contributed by atoms with van der Waals surface area (Å²) in [5.41, 5.74) is 6.46. The Kier molecular flexibility index (Phi) is 3.53. The maximum Gasteiger partial charge on any atom is 0.223 e. The smallest absolute Gasteiger partial charge is 0.223 e. The quantitative estimate of drug-likeness (QED) is 0.910. The van der Waals surface area contributed by atoms with Crippen LogP contribution < -0.4 is 10.5 Å². The molecule has 0 radical (unpaired) electrons. The summed E-state index contributed by atoms with van der Waals surface area (Å²) >= 11 is 0. The normalized spacial score (nSPS) is 12.2. The van der Waals surface area contributed by atoms with Gasteiger partial charge >= 0.3 is 0 Å². The van der Waals surface area contributed by atoms with Crippen LogP contribution in [0.2, 0.25) is 0 Å². The average molecular weight is 250 g/mol. The molecule has 0 aliphatic carbocycles. The van der Waals surface area contributed by atoms with Crippen molar-refractivity contribution in [1.82, 2.24) is 4.98 Å². The molecule has 18 heavy (non-hydrogen) atoms. The van der Waals surface area contributed by atoms with Crippen molar-refractivity contribution in [3.05, 3.63) is 53.7 Å². The Morgan fingerprint density at radius 2 is 2.00 bits per heavy atom. The van der Waals surface area contributed by atoms with Crippen LogP contribution in [0.15, 0.2) is 36.5 Å². The van der Waals surface area contributed by atoms with Crippen LogP contribution in [0.3, 0.4) is 0 Å². The van der Waals surface area contributed by atoms with Gasteiger partial charge in [0.15, 0.2) is 11.6 Å². The fourth-order valence-corrected chi connectivity index (χ4v) is 1.49. The van der Waals surface area contributed by atoms with Gasteiger partial charge in [0.2, 0.25) is 5.88 Å². The summed E-state index contributed by atoms with van der Waals surface area (Å²) in [7, 11) is 0. The van der Waals surface area contributed by atoms with Gasteiger partial charge in [-0.2, -0.15) is 0 Å². The molecule has 1 aromatic heterocycles. The van der Waals surface area contributed by atoms with Gasteiger partial charge in [-0.3, -0.25) is 0 Å². The van der Waals surface area contributed by atoms with E-state index in [0.29, 0.717) is 11.4 Å². The summed E-state index contributed by atoms with van der Waals surface area (Å²) in [5.74, 6) is -1.42. The molecule has 0 aliphatic heterocycles. The summed E-state index contributed by atoms with van der Waals surface area (Å²) in [4.78, 5) is 4.03. The van der Waals surface area contributed by atoms with Crippen molar-refractivity contribution in [3.63, 3.8) is 0 Å². The molecule has 1 aromatic carbocycles. The van der Waals surface area contributed by atoms with Gasteiger partial charge in [-0.15, -0.1) is 0 Å². The lowest BCUT2D eigenvalue weighted by molar-refractivity contribution is 0.439. The molecule has 3 nitrogen and oxygen atoms in total. The Hall–Kier alpha value is -2.01. The van der Waals surface area contributed by atoms with E-state index in [4.69, 9.17) is 10.5 Å². The molecule has 0 aliphatic rings. The third-order valence-corrected chi connectivity index (χ3v) is 2.40. The van der Waals surface area contributed by atoms with Gasteiger partial charge in [0.05, 0.1) is 0 Å². The van der Waals surface area contributed by atoms with Gasteiger partial charge < -0.3 is 10.5 Å². The van der Waals surface area contributed by atoms with Crippen molar-refractivity contribution in [2.45, 2.75) is 13.0 Å². The molecule has 2 rings (SSSR count). The van der Waals surface area contributed by atoms with Gasteiger partial charge in [0.25, 0.3) is 0 Å². The first kappa shape index (κ1) is 12.4. The molecule has 0 unspecified atom stereocenters. The lowest BCUT2D eigenvalue weighted by Crippen LogP contribution is -2.07. The lowest BCUT2D eigenvalue weighted by Gasteiger charge is -2.12. The van der Waals surface area contributed by atoms with E-state index in [1.54, 1.807) is 25.3 Å². The SMILES string of the molecule is C[C@H](N)c1cccnc1Oc1ccc(F)c(F)c1. The second kappa shape index (κ2) is 5.10. The Bertz CT molecular complexity index is 558. The van der Waals surface area contributed by atoms with E-state index in [-0.39, 0.29) is 11.8 Å². The predicted octanol–water partition coefficient (Wildman–Crippen LogP) is 3.17. The Balaban J connectivity index is 2.31. The van der Waals surface area contributed by atoms with Crippen LogP contribution in [-0.2, 0) is 0 Å². The zero-order chi connectivity index (χ0) is 13.1. The minimum atomic E-state index is -0.967. The molecule has 2 aromatic rings. The molecule has 1 heterocycles. The third-order valence-electron chi connectivity index (χ3n) is 2.40. The number of pyridine rings is 1. The first-order valence-corrected chi connectivity index (χ1v) is 5.41. The van der Waals surface area contributed by atoms with Crippen LogP contribution in [0.25, 0.3) is 0 Å². The molecule has 5 heteroatoms. The number of halogens is 2. The highest BCUT2D eigenvalue weighted by atomic mass is 19.2. The van der Waals surface area contributed by atoms with Crippen molar-refractivity contribution in [1.29, 1.82) is 0 Å². The second-order valence-corrected chi connectivity index (χ2v) is 3.86. The van der Waals surface area contributed by atoms with Gasteiger partial charge in [-0.25, -0.2) is 13.8 Å². The van der Waals surface area contributed by atoms with E-state index in [0.717, 1.165) is 12.1 Å². The maximum atomic E-state index is 13.0. The molecule has 1 atom stereocenters. The monoisotopic (exact) mass is 250 g/mol. The van der Waals surface area contributed by atoms with E-state index in [1.807, 2.05) is 0 Å². The highest BCUT2D eigenvalue weighted by Crippen LogP contribution is 2.27. The maximum absolute atomic E-state index is 13.0. The Morgan fingerprint density at radius 1 is 1.22 bits per heavy atom. The molecule has 0 saturated carbocycles. The highest BCUT2D eigenvalue weighted by Gasteiger charge is 2.11. The zero-order valence-electron chi connectivity index (χ0n) is 9.73.